The van der Waals surface area contributed by atoms with Crippen molar-refractivity contribution < 1.29 is 9.53 Å². The minimum atomic E-state index is 0.252. The van der Waals surface area contributed by atoms with Gasteiger partial charge >= 0.3 is 0 Å². The van der Waals surface area contributed by atoms with Gasteiger partial charge in [0, 0.05) is 63.3 Å². The van der Waals surface area contributed by atoms with Gasteiger partial charge in [-0.15, -0.1) is 0 Å². The van der Waals surface area contributed by atoms with Crippen LogP contribution in [0.4, 0.5) is 0 Å². The van der Waals surface area contributed by atoms with E-state index in [1.807, 2.05) is 12.3 Å². The van der Waals surface area contributed by atoms with Crippen LogP contribution in [0, 0.1) is 5.41 Å². The van der Waals surface area contributed by atoms with E-state index in [1.165, 1.54) is 23.8 Å². The SMILES string of the molecule is COCCCN1CC2(CCCN(Cc3cccc4ncccc34)C2)CCC1=O. The van der Waals surface area contributed by atoms with Crippen LogP contribution in [-0.2, 0) is 16.1 Å². The normalized spacial score (nSPS) is 23.6. The fourth-order valence-electron chi connectivity index (χ4n) is 5.03. The summed E-state index contributed by atoms with van der Waals surface area (Å²) < 4.78 is 5.17. The summed E-state index contributed by atoms with van der Waals surface area (Å²) in [4.78, 5) is 21.6. The summed E-state index contributed by atoms with van der Waals surface area (Å²) in [5, 5.41) is 1.25. The Morgan fingerprint density at radius 1 is 1.18 bits per heavy atom. The molecule has 0 saturated carbocycles. The number of ether oxygens (including phenoxy) is 1. The minimum absolute atomic E-state index is 0.252. The van der Waals surface area contributed by atoms with E-state index in [0.717, 1.165) is 57.7 Å². The quantitative estimate of drug-likeness (QED) is 0.719. The molecule has 5 heteroatoms. The fourth-order valence-corrected chi connectivity index (χ4v) is 5.03. The highest BCUT2D eigenvalue weighted by atomic mass is 16.5. The van der Waals surface area contributed by atoms with Gasteiger partial charge < -0.3 is 9.64 Å². The standard InChI is InChI=1S/C23H31N3O2/c1-28-15-5-14-26-18-23(11-9-22(26)27)10-4-13-25(17-23)16-19-6-2-8-21-20(19)7-3-12-24-21/h2-3,6-8,12H,4-5,9-11,13-18H2,1H3. The molecular weight excluding hydrogens is 350 g/mol. The second-order valence-corrected chi connectivity index (χ2v) is 8.46. The lowest BCUT2D eigenvalue weighted by molar-refractivity contribution is -0.139. The first-order chi connectivity index (χ1) is 13.7. The summed E-state index contributed by atoms with van der Waals surface area (Å²) >= 11 is 0. The molecule has 2 saturated heterocycles. The van der Waals surface area contributed by atoms with E-state index in [1.54, 1.807) is 7.11 Å². The lowest BCUT2D eigenvalue weighted by atomic mass is 9.73. The number of pyridine rings is 1. The van der Waals surface area contributed by atoms with Gasteiger partial charge in [0.25, 0.3) is 0 Å². The third-order valence-corrected chi connectivity index (χ3v) is 6.40. The highest BCUT2D eigenvalue weighted by Gasteiger charge is 2.41. The Morgan fingerprint density at radius 3 is 3.00 bits per heavy atom. The Balaban J connectivity index is 1.45. The Morgan fingerprint density at radius 2 is 2.11 bits per heavy atom. The van der Waals surface area contributed by atoms with E-state index in [0.29, 0.717) is 12.3 Å². The molecule has 2 aromatic rings. The summed E-state index contributed by atoms with van der Waals surface area (Å²) in [6.45, 7) is 5.63. The lowest BCUT2D eigenvalue weighted by Gasteiger charge is -2.48. The van der Waals surface area contributed by atoms with Crippen LogP contribution in [0.3, 0.4) is 0 Å². The molecule has 0 aliphatic carbocycles. The van der Waals surface area contributed by atoms with E-state index in [2.05, 4.69) is 39.0 Å². The molecule has 5 nitrogen and oxygen atoms in total. The van der Waals surface area contributed by atoms with Crippen molar-refractivity contribution in [3.8, 4) is 0 Å². The molecule has 1 amide bonds. The zero-order valence-corrected chi connectivity index (χ0v) is 16.9. The molecule has 0 bridgehead atoms. The maximum absolute atomic E-state index is 12.4. The molecule has 1 aromatic carbocycles. The predicted molar refractivity (Wildman–Crippen MR) is 111 cm³/mol. The van der Waals surface area contributed by atoms with Gasteiger partial charge in [-0.1, -0.05) is 18.2 Å². The van der Waals surface area contributed by atoms with E-state index in [-0.39, 0.29) is 5.41 Å². The molecule has 2 aliphatic rings. The van der Waals surface area contributed by atoms with Gasteiger partial charge in [-0.2, -0.15) is 0 Å². The number of rotatable bonds is 6. The van der Waals surface area contributed by atoms with Crippen LogP contribution in [0.25, 0.3) is 10.9 Å². The van der Waals surface area contributed by atoms with Crippen LogP contribution < -0.4 is 0 Å². The first-order valence-electron chi connectivity index (χ1n) is 10.5. The largest absolute Gasteiger partial charge is 0.385 e. The van der Waals surface area contributed by atoms with Crippen LogP contribution in [0.1, 0.15) is 37.7 Å². The Kier molecular flexibility index (Phi) is 5.93. The predicted octanol–water partition coefficient (Wildman–Crippen LogP) is 3.48. The third-order valence-electron chi connectivity index (χ3n) is 6.40. The van der Waals surface area contributed by atoms with Gasteiger partial charge in [-0.3, -0.25) is 14.7 Å². The zero-order chi connectivity index (χ0) is 19.4. The second kappa shape index (κ2) is 8.58. The van der Waals surface area contributed by atoms with Gasteiger partial charge in [0.1, 0.15) is 0 Å². The number of benzene rings is 1. The van der Waals surface area contributed by atoms with Crippen LogP contribution >= 0.6 is 0 Å². The Hall–Kier alpha value is -1.98. The summed E-state index contributed by atoms with van der Waals surface area (Å²) in [6, 6.07) is 10.6. The number of piperidine rings is 2. The van der Waals surface area contributed by atoms with Crippen molar-refractivity contribution in [3.63, 3.8) is 0 Å². The van der Waals surface area contributed by atoms with Gasteiger partial charge in [-0.05, 0) is 49.9 Å². The van der Waals surface area contributed by atoms with Crippen molar-refractivity contribution in [3.05, 3.63) is 42.1 Å². The number of carbonyl (C=O) groups excluding carboxylic acids is 1. The maximum atomic E-state index is 12.4. The molecule has 0 radical (unpaired) electrons. The molecule has 150 valence electrons. The average molecular weight is 382 g/mol. The van der Waals surface area contributed by atoms with Gasteiger partial charge in [0.2, 0.25) is 5.91 Å². The molecule has 3 heterocycles. The van der Waals surface area contributed by atoms with E-state index < -0.39 is 0 Å². The van der Waals surface area contributed by atoms with Crippen molar-refractivity contribution in [2.24, 2.45) is 5.41 Å². The van der Waals surface area contributed by atoms with Gasteiger partial charge in [-0.25, -0.2) is 0 Å². The lowest BCUT2D eigenvalue weighted by Crippen LogP contribution is -2.54. The van der Waals surface area contributed by atoms with Crippen LogP contribution in [0.5, 0.6) is 0 Å². The molecule has 2 aliphatic heterocycles. The second-order valence-electron chi connectivity index (χ2n) is 8.46. The number of aromatic nitrogens is 1. The third kappa shape index (κ3) is 4.20. The van der Waals surface area contributed by atoms with Crippen LogP contribution in [0.2, 0.25) is 0 Å². The number of carbonyl (C=O) groups is 1. The summed E-state index contributed by atoms with van der Waals surface area (Å²) in [6.07, 6.45) is 6.95. The summed E-state index contributed by atoms with van der Waals surface area (Å²) in [5.74, 6) is 0.318. The number of methoxy groups -OCH3 is 1. The van der Waals surface area contributed by atoms with Crippen LogP contribution in [-0.4, -0.2) is 60.6 Å². The number of fused-ring (bicyclic) bond motifs is 1. The zero-order valence-electron chi connectivity index (χ0n) is 16.9. The topological polar surface area (TPSA) is 45.7 Å². The molecule has 1 aromatic heterocycles. The smallest absolute Gasteiger partial charge is 0.222 e. The number of hydrogen-bond donors (Lipinski definition) is 0. The van der Waals surface area contributed by atoms with Crippen molar-refractivity contribution in [1.82, 2.24) is 14.8 Å². The molecule has 1 atom stereocenters. The minimum Gasteiger partial charge on any atom is -0.385 e. The number of nitrogens with zero attached hydrogens (tertiary/aromatic N) is 3. The summed E-state index contributed by atoms with van der Waals surface area (Å²) in [7, 11) is 1.72. The highest BCUT2D eigenvalue weighted by Crippen LogP contribution is 2.39. The van der Waals surface area contributed by atoms with Crippen molar-refractivity contribution >= 4 is 16.8 Å². The van der Waals surface area contributed by atoms with Gasteiger partial charge in [0.15, 0.2) is 0 Å². The number of amides is 1. The molecule has 1 spiro atoms. The molecular formula is C23H31N3O2. The first-order valence-corrected chi connectivity index (χ1v) is 10.5. The van der Waals surface area contributed by atoms with Crippen molar-refractivity contribution in [2.75, 3.05) is 39.9 Å². The monoisotopic (exact) mass is 381 g/mol. The Labute approximate surface area is 167 Å². The molecule has 0 N–H and O–H groups in total. The molecule has 2 fully saturated rings. The van der Waals surface area contributed by atoms with Crippen LogP contribution in [0.15, 0.2) is 36.5 Å². The molecule has 4 rings (SSSR count). The van der Waals surface area contributed by atoms with E-state index >= 15 is 0 Å². The van der Waals surface area contributed by atoms with Crippen molar-refractivity contribution in [1.29, 1.82) is 0 Å². The fraction of sp³-hybridized carbons (Fsp3) is 0.565. The molecule has 28 heavy (non-hydrogen) atoms. The van der Waals surface area contributed by atoms with Gasteiger partial charge in [0.05, 0.1) is 5.52 Å². The maximum Gasteiger partial charge on any atom is 0.222 e. The molecule has 1 unspecified atom stereocenters. The van der Waals surface area contributed by atoms with E-state index in [9.17, 15) is 4.79 Å². The first kappa shape index (κ1) is 19.3. The van der Waals surface area contributed by atoms with Crippen molar-refractivity contribution in [2.45, 2.75) is 38.6 Å². The van der Waals surface area contributed by atoms with E-state index in [4.69, 9.17) is 4.74 Å². The summed E-state index contributed by atoms with van der Waals surface area (Å²) in [5.41, 5.74) is 2.67. The average Bonchev–Trinajstić information content (AvgIpc) is 2.72. The number of likely N-dealkylation sites (tertiary alicyclic amines) is 2. The Bertz CT molecular complexity index is 819. The highest BCUT2D eigenvalue weighted by molar-refractivity contribution is 5.81. The number of hydrogen-bond acceptors (Lipinski definition) is 4.